The lowest BCUT2D eigenvalue weighted by Gasteiger charge is -2.18. The van der Waals surface area contributed by atoms with Crippen LogP contribution in [0.15, 0.2) is 114 Å². The Labute approximate surface area is 213 Å². The van der Waals surface area contributed by atoms with Gasteiger partial charge in [-0.05, 0) is 47.5 Å². The molecule has 1 unspecified atom stereocenters. The van der Waals surface area contributed by atoms with Gasteiger partial charge in [0.15, 0.2) is 0 Å². The molecule has 7 heteroatoms. The van der Waals surface area contributed by atoms with Crippen molar-refractivity contribution in [1.29, 1.82) is 0 Å². The molecular formula is C29H25N3O3S. The maximum atomic E-state index is 13.3. The van der Waals surface area contributed by atoms with Gasteiger partial charge in [-0.3, -0.25) is 14.4 Å². The molecule has 4 N–H and O–H groups in total. The van der Waals surface area contributed by atoms with Gasteiger partial charge in [0.25, 0.3) is 5.91 Å². The molecule has 0 aliphatic rings. The molecule has 0 spiro atoms. The molecule has 3 amide bonds. The third-order valence-corrected chi connectivity index (χ3v) is 6.66. The van der Waals surface area contributed by atoms with Crippen LogP contribution in [0.2, 0.25) is 0 Å². The van der Waals surface area contributed by atoms with Crippen LogP contribution in [0.1, 0.15) is 26.7 Å². The lowest BCUT2D eigenvalue weighted by atomic mass is 10.1. The number of nitrogens with two attached hydrogens (primary N) is 1. The van der Waals surface area contributed by atoms with E-state index in [0.29, 0.717) is 17.8 Å². The first-order chi connectivity index (χ1) is 17.5. The highest BCUT2D eigenvalue weighted by atomic mass is 32.2. The van der Waals surface area contributed by atoms with Crippen LogP contribution in [0.25, 0.3) is 0 Å². The maximum Gasteiger partial charge on any atom is 0.250 e. The fourth-order valence-electron chi connectivity index (χ4n) is 3.65. The molecule has 0 aliphatic heterocycles. The van der Waals surface area contributed by atoms with Crippen LogP contribution in [0, 0.1) is 0 Å². The minimum Gasteiger partial charge on any atom is -0.366 e. The number of amides is 3. The van der Waals surface area contributed by atoms with Crippen LogP contribution in [0.5, 0.6) is 0 Å². The van der Waals surface area contributed by atoms with E-state index in [1.54, 1.807) is 24.3 Å². The van der Waals surface area contributed by atoms with E-state index in [0.717, 1.165) is 16.0 Å². The Hall–Kier alpha value is -4.36. The van der Waals surface area contributed by atoms with E-state index in [1.165, 1.54) is 11.8 Å². The van der Waals surface area contributed by atoms with Crippen molar-refractivity contribution < 1.29 is 14.4 Å². The van der Waals surface area contributed by atoms with E-state index >= 15 is 0 Å². The molecule has 0 heterocycles. The van der Waals surface area contributed by atoms with E-state index in [-0.39, 0.29) is 17.4 Å². The van der Waals surface area contributed by atoms with E-state index in [2.05, 4.69) is 10.6 Å². The van der Waals surface area contributed by atoms with Gasteiger partial charge in [0.05, 0.1) is 17.7 Å². The first-order valence-electron chi connectivity index (χ1n) is 11.3. The molecule has 0 bridgehead atoms. The fraction of sp³-hybridized carbons (Fsp3) is 0.0690. The standard InChI is InChI=1S/C29H25N3O3S/c30-28(34)24-13-7-8-14-25(24)32-29(35)27(21-11-5-2-6-12-21)36-23-17-15-22(16-18-23)31-26(33)19-20-9-3-1-4-10-20/h1-18,27H,19H2,(H2,30,34)(H,31,33)(H,32,35). The number of carbonyl (C=O) groups excluding carboxylic acids is 3. The van der Waals surface area contributed by atoms with Crippen LogP contribution in [-0.2, 0) is 16.0 Å². The Morgan fingerprint density at radius 3 is 2.00 bits per heavy atom. The van der Waals surface area contributed by atoms with Gasteiger partial charge in [-0.15, -0.1) is 11.8 Å². The Balaban J connectivity index is 1.48. The van der Waals surface area contributed by atoms with Gasteiger partial charge in [0.2, 0.25) is 11.8 Å². The molecule has 0 aliphatic carbocycles. The Bertz CT molecular complexity index is 1340. The molecule has 0 radical (unpaired) electrons. The zero-order valence-electron chi connectivity index (χ0n) is 19.4. The molecule has 6 nitrogen and oxygen atoms in total. The average Bonchev–Trinajstić information content (AvgIpc) is 2.89. The number of hydrogen-bond acceptors (Lipinski definition) is 4. The summed E-state index contributed by atoms with van der Waals surface area (Å²) in [5.41, 5.74) is 8.52. The summed E-state index contributed by atoms with van der Waals surface area (Å²) in [5, 5.41) is 5.18. The minimum absolute atomic E-state index is 0.101. The molecule has 36 heavy (non-hydrogen) atoms. The smallest absolute Gasteiger partial charge is 0.250 e. The van der Waals surface area contributed by atoms with Crippen molar-refractivity contribution >= 4 is 40.9 Å². The predicted octanol–water partition coefficient (Wildman–Crippen LogP) is 5.44. The third kappa shape index (κ3) is 6.61. The van der Waals surface area contributed by atoms with Crippen molar-refractivity contribution in [2.75, 3.05) is 10.6 Å². The van der Waals surface area contributed by atoms with Crippen molar-refractivity contribution in [2.45, 2.75) is 16.6 Å². The molecule has 4 rings (SSSR count). The Morgan fingerprint density at radius 2 is 1.33 bits per heavy atom. The van der Waals surface area contributed by atoms with E-state index in [1.807, 2.05) is 84.9 Å². The number of thioether (sulfide) groups is 1. The maximum absolute atomic E-state index is 13.3. The van der Waals surface area contributed by atoms with E-state index < -0.39 is 11.2 Å². The molecule has 1 atom stereocenters. The summed E-state index contributed by atoms with van der Waals surface area (Å²) < 4.78 is 0. The molecule has 0 saturated heterocycles. The summed E-state index contributed by atoms with van der Waals surface area (Å²) >= 11 is 1.37. The van der Waals surface area contributed by atoms with Gasteiger partial charge in [0.1, 0.15) is 5.25 Å². The second-order valence-corrected chi connectivity index (χ2v) is 9.22. The number of benzene rings is 4. The quantitative estimate of drug-likeness (QED) is 0.269. The summed E-state index contributed by atoms with van der Waals surface area (Å²) in [7, 11) is 0. The highest BCUT2D eigenvalue weighted by Gasteiger charge is 2.23. The number of nitrogens with one attached hydrogen (secondary N) is 2. The van der Waals surface area contributed by atoms with Crippen molar-refractivity contribution in [1.82, 2.24) is 0 Å². The third-order valence-electron chi connectivity index (χ3n) is 5.39. The summed E-state index contributed by atoms with van der Waals surface area (Å²) in [6, 6.07) is 33.0. The van der Waals surface area contributed by atoms with Crippen LogP contribution in [0.4, 0.5) is 11.4 Å². The average molecular weight is 496 g/mol. The first-order valence-corrected chi connectivity index (χ1v) is 12.2. The monoisotopic (exact) mass is 495 g/mol. The SMILES string of the molecule is NC(=O)c1ccccc1NC(=O)C(Sc1ccc(NC(=O)Cc2ccccc2)cc1)c1ccccc1. The van der Waals surface area contributed by atoms with E-state index in [9.17, 15) is 14.4 Å². The minimum atomic E-state index is -0.611. The van der Waals surface area contributed by atoms with Gasteiger partial charge < -0.3 is 16.4 Å². The molecule has 0 fully saturated rings. The lowest BCUT2D eigenvalue weighted by Crippen LogP contribution is -2.22. The van der Waals surface area contributed by atoms with Gasteiger partial charge in [-0.1, -0.05) is 72.8 Å². The highest BCUT2D eigenvalue weighted by molar-refractivity contribution is 8.00. The van der Waals surface area contributed by atoms with Gasteiger partial charge in [0, 0.05) is 10.6 Å². The zero-order valence-corrected chi connectivity index (χ0v) is 20.2. The molecule has 0 saturated carbocycles. The molecule has 4 aromatic rings. The van der Waals surface area contributed by atoms with Crippen LogP contribution in [0.3, 0.4) is 0 Å². The number of para-hydroxylation sites is 1. The summed E-state index contributed by atoms with van der Waals surface area (Å²) in [6.07, 6.45) is 0.292. The number of carbonyl (C=O) groups is 3. The predicted molar refractivity (Wildman–Crippen MR) is 144 cm³/mol. The summed E-state index contributed by atoms with van der Waals surface area (Å²) in [5.74, 6) is -0.990. The summed E-state index contributed by atoms with van der Waals surface area (Å²) in [6.45, 7) is 0. The lowest BCUT2D eigenvalue weighted by molar-refractivity contribution is -0.116. The van der Waals surface area contributed by atoms with Crippen LogP contribution >= 0.6 is 11.8 Å². The van der Waals surface area contributed by atoms with Gasteiger partial charge >= 0.3 is 0 Å². The second-order valence-electron chi connectivity index (χ2n) is 8.04. The largest absolute Gasteiger partial charge is 0.366 e. The van der Waals surface area contributed by atoms with Crippen molar-refractivity contribution in [3.63, 3.8) is 0 Å². The summed E-state index contributed by atoms with van der Waals surface area (Å²) in [4.78, 5) is 38.3. The normalized spacial score (nSPS) is 11.3. The second kappa shape index (κ2) is 11.9. The van der Waals surface area contributed by atoms with Crippen molar-refractivity contribution in [2.24, 2.45) is 5.73 Å². The number of hydrogen-bond donors (Lipinski definition) is 3. The van der Waals surface area contributed by atoms with Crippen LogP contribution in [-0.4, -0.2) is 17.7 Å². The molecule has 0 aromatic heterocycles. The first kappa shape index (κ1) is 24.8. The molecular weight excluding hydrogens is 470 g/mol. The fourth-order valence-corrected chi connectivity index (χ4v) is 4.67. The topological polar surface area (TPSA) is 101 Å². The zero-order chi connectivity index (χ0) is 25.3. The van der Waals surface area contributed by atoms with Crippen molar-refractivity contribution in [3.05, 3.63) is 126 Å². The Kier molecular flexibility index (Phi) is 8.16. The van der Waals surface area contributed by atoms with Crippen molar-refractivity contribution in [3.8, 4) is 0 Å². The Morgan fingerprint density at radius 1 is 0.722 bits per heavy atom. The number of rotatable bonds is 9. The molecule has 180 valence electrons. The number of primary amides is 1. The van der Waals surface area contributed by atoms with Gasteiger partial charge in [-0.2, -0.15) is 0 Å². The molecule has 4 aromatic carbocycles. The van der Waals surface area contributed by atoms with Gasteiger partial charge in [-0.25, -0.2) is 0 Å². The van der Waals surface area contributed by atoms with Crippen LogP contribution < -0.4 is 16.4 Å². The number of anilines is 2. The highest BCUT2D eigenvalue weighted by Crippen LogP contribution is 2.37. The van der Waals surface area contributed by atoms with E-state index in [4.69, 9.17) is 5.73 Å².